The van der Waals surface area contributed by atoms with E-state index in [1.807, 2.05) is 43.3 Å². The number of fused-ring (bicyclic) bond motifs is 1. The largest absolute Gasteiger partial charge is 0.307 e. The molecule has 1 N–H and O–H groups in total. The maximum atomic E-state index is 11.7. The van der Waals surface area contributed by atoms with E-state index in [0.29, 0.717) is 0 Å². The number of aromatic amines is 1. The summed E-state index contributed by atoms with van der Waals surface area (Å²) >= 11 is 0. The van der Waals surface area contributed by atoms with E-state index in [4.69, 9.17) is 0 Å². The number of nitrogens with one attached hydrogen (secondary N) is 1. The van der Waals surface area contributed by atoms with Gasteiger partial charge < -0.3 is 4.98 Å². The van der Waals surface area contributed by atoms with Gasteiger partial charge in [0.15, 0.2) is 0 Å². The highest BCUT2D eigenvalue weighted by Crippen LogP contribution is 2.18. The van der Waals surface area contributed by atoms with Crippen molar-refractivity contribution in [3.63, 3.8) is 0 Å². The maximum absolute atomic E-state index is 11.7. The highest BCUT2D eigenvalue weighted by atomic mass is 16.1. The Morgan fingerprint density at radius 3 is 2.72 bits per heavy atom. The predicted molar refractivity (Wildman–Crippen MR) is 70.6 cm³/mol. The van der Waals surface area contributed by atoms with Crippen molar-refractivity contribution in [3.05, 3.63) is 58.5 Å². The number of aryl methyl sites for hydroxylation is 1. The van der Waals surface area contributed by atoms with Gasteiger partial charge in [0.05, 0.1) is 11.4 Å². The molecule has 0 bridgehead atoms. The molecule has 0 amide bonds. The van der Waals surface area contributed by atoms with Gasteiger partial charge in [-0.2, -0.15) is 5.10 Å². The summed E-state index contributed by atoms with van der Waals surface area (Å²) in [6.07, 6.45) is 0.845. The Bertz CT molecular complexity index is 741. The number of H-pyrrole nitrogens is 1. The van der Waals surface area contributed by atoms with Crippen molar-refractivity contribution < 1.29 is 0 Å². The first-order valence-electron chi connectivity index (χ1n) is 5.95. The normalized spacial score (nSPS) is 10.9. The molecule has 0 aliphatic rings. The van der Waals surface area contributed by atoms with Gasteiger partial charge in [-0.15, -0.1) is 0 Å². The van der Waals surface area contributed by atoms with E-state index < -0.39 is 0 Å². The van der Waals surface area contributed by atoms with Crippen molar-refractivity contribution in [1.29, 1.82) is 0 Å². The van der Waals surface area contributed by atoms with Crippen molar-refractivity contribution in [2.75, 3.05) is 0 Å². The predicted octanol–water partition coefficient (Wildman–Crippen LogP) is 2.25. The van der Waals surface area contributed by atoms with Gasteiger partial charge in [-0.25, -0.2) is 4.52 Å². The number of nitrogens with zero attached hydrogens (tertiary/aromatic N) is 2. The molecule has 90 valence electrons. The second-order valence-electron chi connectivity index (χ2n) is 4.17. The summed E-state index contributed by atoms with van der Waals surface area (Å²) in [5, 5.41) is 4.50. The third kappa shape index (κ3) is 1.72. The lowest BCUT2D eigenvalue weighted by Gasteiger charge is -2.03. The van der Waals surface area contributed by atoms with Crippen LogP contribution < -0.4 is 5.56 Å². The lowest BCUT2D eigenvalue weighted by atomic mass is 10.1. The molecular formula is C14H13N3O. The summed E-state index contributed by atoms with van der Waals surface area (Å²) in [6, 6.07) is 13.3. The maximum Gasteiger partial charge on any atom is 0.251 e. The van der Waals surface area contributed by atoms with E-state index in [1.54, 1.807) is 10.6 Å². The van der Waals surface area contributed by atoms with Crippen LogP contribution in [0.25, 0.3) is 16.9 Å². The van der Waals surface area contributed by atoms with Gasteiger partial charge in [-0.3, -0.25) is 4.79 Å². The van der Waals surface area contributed by atoms with Crippen LogP contribution in [0.1, 0.15) is 12.6 Å². The first kappa shape index (κ1) is 10.8. The molecule has 0 spiro atoms. The molecule has 2 aromatic heterocycles. The zero-order valence-electron chi connectivity index (χ0n) is 10.1. The third-order valence-electron chi connectivity index (χ3n) is 2.94. The third-order valence-corrected chi connectivity index (χ3v) is 2.94. The van der Waals surface area contributed by atoms with E-state index >= 15 is 0 Å². The molecule has 3 aromatic rings. The molecule has 3 rings (SSSR count). The fourth-order valence-electron chi connectivity index (χ4n) is 2.04. The number of benzene rings is 1. The van der Waals surface area contributed by atoms with Crippen LogP contribution >= 0.6 is 0 Å². The standard InChI is InChI=1S/C14H13N3O/c1-2-11-8-13-15-14(18)9-12(17(13)16-11)10-6-4-3-5-7-10/h3-9H,2H2,1H3,(H,15,18). The molecule has 4 heteroatoms. The molecular weight excluding hydrogens is 226 g/mol. The van der Waals surface area contributed by atoms with Crippen LogP contribution in [0.3, 0.4) is 0 Å². The van der Waals surface area contributed by atoms with E-state index in [-0.39, 0.29) is 5.56 Å². The van der Waals surface area contributed by atoms with Gasteiger partial charge in [0, 0.05) is 17.7 Å². The smallest absolute Gasteiger partial charge is 0.251 e. The molecule has 0 saturated carbocycles. The average molecular weight is 239 g/mol. The Morgan fingerprint density at radius 2 is 2.00 bits per heavy atom. The lowest BCUT2D eigenvalue weighted by Crippen LogP contribution is -2.09. The van der Waals surface area contributed by atoms with Crippen molar-refractivity contribution >= 4 is 5.65 Å². The lowest BCUT2D eigenvalue weighted by molar-refractivity contribution is 0.889. The molecule has 0 unspecified atom stereocenters. The number of aromatic nitrogens is 3. The Balaban J connectivity index is 2.34. The van der Waals surface area contributed by atoms with Crippen molar-refractivity contribution in [1.82, 2.24) is 14.6 Å². The SMILES string of the molecule is CCc1cc2[nH]c(=O)cc(-c3ccccc3)n2n1. The molecule has 0 aliphatic carbocycles. The van der Waals surface area contributed by atoms with Crippen LogP contribution in [0.2, 0.25) is 0 Å². The van der Waals surface area contributed by atoms with E-state index in [2.05, 4.69) is 10.1 Å². The minimum atomic E-state index is -0.107. The highest BCUT2D eigenvalue weighted by Gasteiger charge is 2.08. The monoisotopic (exact) mass is 239 g/mol. The summed E-state index contributed by atoms with van der Waals surface area (Å²) in [5.74, 6) is 0. The van der Waals surface area contributed by atoms with E-state index in [9.17, 15) is 4.79 Å². The van der Waals surface area contributed by atoms with E-state index in [0.717, 1.165) is 29.0 Å². The number of hydrogen-bond acceptors (Lipinski definition) is 2. The van der Waals surface area contributed by atoms with Crippen molar-refractivity contribution in [3.8, 4) is 11.3 Å². The van der Waals surface area contributed by atoms with Crippen LogP contribution in [0.15, 0.2) is 47.3 Å². The van der Waals surface area contributed by atoms with Crippen molar-refractivity contribution in [2.45, 2.75) is 13.3 Å². The minimum Gasteiger partial charge on any atom is -0.307 e. The zero-order chi connectivity index (χ0) is 12.5. The van der Waals surface area contributed by atoms with Gasteiger partial charge in [-0.05, 0) is 6.42 Å². The van der Waals surface area contributed by atoms with Crippen LogP contribution in [0.4, 0.5) is 0 Å². The van der Waals surface area contributed by atoms with Gasteiger partial charge in [-0.1, -0.05) is 37.3 Å². The van der Waals surface area contributed by atoms with Crippen LogP contribution in [0, 0.1) is 0 Å². The first-order valence-corrected chi connectivity index (χ1v) is 5.95. The fraction of sp³-hybridized carbons (Fsp3) is 0.143. The molecule has 0 radical (unpaired) electrons. The quantitative estimate of drug-likeness (QED) is 0.745. The van der Waals surface area contributed by atoms with Crippen LogP contribution in [0.5, 0.6) is 0 Å². The molecule has 18 heavy (non-hydrogen) atoms. The van der Waals surface area contributed by atoms with Crippen molar-refractivity contribution in [2.24, 2.45) is 0 Å². The summed E-state index contributed by atoms with van der Waals surface area (Å²) in [4.78, 5) is 14.5. The summed E-state index contributed by atoms with van der Waals surface area (Å²) < 4.78 is 1.79. The number of rotatable bonds is 2. The van der Waals surface area contributed by atoms with Gasteiger partial charge >= 0.3 is 0 Å². The Kier molecular flexibility index (Phi) is 2.48. The van der Waals surface area contributed by atoms with Crippen LogP contribution in [-0.2, 0) is 6.42 Å². The van der Waals surface area contributed by atoms with Gasteiger partial charge in [0.1, 0.15) is 5.65 Å². The fourth-order valence-corrected chi connectivity index (χ4v) is 2.04. The Hall–Kier alpha value is -2.36. The summed E-state index contributed by atoms with van der Waals surface area (Å²) in [5.41, 5.74) is 3.39. The van der Waals surface area contributed by atoms with Crippen LogP contribution in [-0.4, -0.2) is 14.6 Å². The Labute approximate surface area is 104 Å². The number of hydrogen-bond donors (Lipinski definition) is 1. The summed E-state index contributed by atoms with van der Waals surface area (Å²) in [7, 11) is 0. The van der Waals surface area contributed by atoms with E-state index in [1.165, 1.54) is 0 Å². The average Bonchev–Trinajstić information content (AvgIpc) is 2.81. The first-order chi connectivity index (χ1) is 8.78. The summed E-state index contributed by atoms with van der Waals surface area (Å²) in [6.45, 7) is 2.04. The molecule has 0 saturated heterocycles. The molecule has 0 atom stereocenters. The molecule has 2 heterocycles. The highest BCUT2D eigenvalue weighted by molar-refractivity contribution is 5.62. The minimum absolute atomic E-state index is 0.107. The molecule has 0 aliphatic heterocycles. The second-order valence-corrected chi connectivity index (χ2v) is 4.17. The Morgan fingerprint density at radius 1 is 1.22 bits per heavy atom. The second kappa shape index (κ2) is 4.14. The van der Waals surface area contributed by atoms with Gasteiger partial charge in [0.2, 0.25) is 0 Å². The topological polar surface area (TPSA) is 50.2 Å². The zero-order valence-corrected chi connectivity index (χ0v) is 10.1. The molecule has 1 aromatic carbocycles. The van der Waals surface area contributed by atoms with Gasteiger partial charge in [0.25, 0.3) is 5.56 Å². The molecule has 0 fully saturated rings. The molecule has 4 nitrogen and oxygen atoms in total.